The number of hydrogen-bond acceptors (Lipinski definition) is 5. The van der Waals surface area contributed by atoms with Crippen LogP contribution in [0.15, 0.2) is 11.6 Å². The largest absolute Gasteiger partial charge is 0.458 e. The van der Waals surface area contributed by atoms with Gasteiger partial charge in [0.25, 0.3) is 0 Å². The summed E-state index contributed by atoms with van der Waals surface area (Å²) in [4.78, 5) is 25.1. The molecule has 0 spiro atoms. The first-order chi connectivity index (χ1) is 12.6. The molecule has 0 saturated heterocycles. The van der Waals surface area contributed by atoms with Crippen LogP contribution in [-0.2, 0) is 14.3 Å². The number of aliphatic hydroxyl groups is 1. The standard InChI is InChI=1S/C21H35NO5/c1-7-22(20(24)26-6)12-14(3)17-9-8-15(4)21(25)11-19(27-16(5)23)13(2)10-18(17)21/h10,14-15,17-19,25H,7-9,11-12H2,1-6H3/t14-,15-,17+,18-,19-,21-/m1/s1. The van der Waals surface area contributed by atoms with Gasteiger partial charge in [-0.15, -0.1) is 0 Å². The highest BCUT2D eigenvalue weighted by molar-refractivity contribution is 5.67. The van der Waals surface area contributed by atoms with Crippen molar-refractivity contribution in [2.75, 3.05) is 20.2 Å². The summed E-state index contributed by atoms with van der Waals surface area (Å²) in [7, 11) is 1.40. The number of rotatable bonds is 5. The lowest BCUT2D eigenvalue weighted by atomic mass is 9.57. The number of esters is 1. The maximum Gasteiger partial charge on any atom is 0.409 e. The predicted octanol–water partition coefficient (Wildman–Crippen LogP) is 3.39. The number of fused-ring (bicyclic) bond motifs is 1. The van der Waals surface area contributed by atoms with E-state index in [1.807, 2.05) is 13.8 Å². The van der Waals surface area contributed by atoms with E-state index < -0.39 is 5.60 Å². The second-order valence-electron chi connectivity index (χ2n) is 8.36. The molecule has 6 heteroatoms. The molecule has 0 unspecified atom stereocenters. The smallest absolute Gasteiger partial charge is 0.409 e. The highest BCUT2D eigenvalue weighted by atomic mass is 16.5. The molecule has 0 aliphatic heterocycles. The molecule has 0 heterocycles. The molecule has 0 bridgehead atoms. The van der Waals surface area contributed by atoms with Gasteiger partial charge in [-0.25, -0.2) is 4.79 Å². The van der Waals surface area contributed by atoms with Gasteiger partial charge in [0.1, 0.15) is 6.10 Å². The monoisotopic (exact) mass is 381 g/mol. The molecule has 154 valence electrons. The summed E-state index contributed by atoms with van der Waals surface area (Å²) in [6.45, 7) is 10.8. The molecule has 6 nitrogen and oxygen atoms in total. The number of carbonyl (C=O) groups is 2. The summed E-state index contributed by atoms with van der Waals surface area (Å²) in [6, 6.07) is 0. The fraction of sp³-hybridized carbons (Fsp3) is 0.810. The van der Waals surface area contributed by atoms with Gasteiger partial charge in [0, 0.05) is 32.4 Å². The number of amides is 1. The zero-order valence-corrected chi connectivity index (χ0v) is 17.5. The van der Waals surface area contributed by atoms with Crippen LogP contribution >= 0.6 is 0 Å². The van der Waals surface area contributed by atoms with E-state index in [1.54, 1.807) is 4.90 Å². The first kappa shape index (κ1) is 21.7. The summed E-state index contributed by atoms with van der Waals surface area (Å²) in [6.07, 6.45) is 3.82. The van der Waals surface area contributed by atoms with Crippen LogP contribution in [0, 0.1) is 23.7 Å². The third-order valence-electron chi connectivity index (χ3n) is 6.65. The molecule has 2 rings (SSSR count). The molecule has 1 saturated carbocycles. The van der Waals surface area contributed by atoms with Crippen LogP contribution in [0.2, 0.25) is 0 Å². The predicted molar refractivity (Wildman–Crippen MR) is 103 cm³/mol. The van der Waals surface area contributed by atoms with E-state index in [4.69, 9.17) is 9.47 Å². The van der Waals surface area contributed by atoms with E-state index in [0.29, 0.717) is 19.5 Å². The topological polar surface area (TPSA) is 76.1 Å². The van der Waals surface area contributed by atoms with Crippen LogP contribution < -0.4 is 0 Å². The minimum absolute atomic E-state index is 0.000545. The molecular weight excluding hydrogens is 346 g/mol. The van der Waals surface area contributed by atoms with Crippen LogP contribution in [0.1, 0.15) is 53.9 Å². The van der Waals surface area contributed by atoms with Crippen LogP contribution in [-0.4, -0.2) is 54.0 Å². The quantitative estimate of drug-likeness (QED) is 0.583. The molecular formula is C21H35NO5. The Morgan fingerprint density at radius 3 is 2.63 bits per heavy atom. The van der Waals surface area contributed by atoms with Crippen molar-refractivity contribution in [1.82, 2.24) is 4.90 Å². The normalized spacial score (nSPS) is 34.1. The van der Waals surface area contributed by atoms with Crippen molar-refractivity contribution in [1.29, 1.82) is 0 Å². The average Bonchev–Trinajstić information content (AvgIpc) is 2.61. The van der Waals surface area contributed by atoms with E-state index in [1.165, 1.54) is 14.0 Å². The first-order valence-corrected chi connectivity index (χ1v) is 10.0. The fourth-order valence-electron chi connectivity index (χ4n) is 4.94. The molecule has 1 amide bonds. The van der Waals surface area contributed by atoms with Crippen molar-refractivity contribution >= 4 is 12.1 Å². The summed E-state index contributed by atoms with van der Waals surface area (Å²) >= 11 is 0. The van der Waals surface area contributed by atoms with Crippen LogP contribution in [0.25, 0.3) is 0 Å². The second kappa shape index (κ2) is 8.63. The first-order valence-electron chi connectivity index (χ1n) is 10.0. The summed E-state index contributed by atoms with van der Waals surface area (Å²) in [5.41, 5.74) is 0.116. The van der Waals surface area contributed by atoms with Crippen LogP contribution in [0.3, 0.4) is 0 Å². The van der Waals surface area contributed by atoms with Crippen molar-refractivity contribution in [2.45, 2.75) is 65.6 Å². The Hall–Kier alpha value is -1.56. The lowest BCUT2D eigenvalue weighted by Gasteiger charge is -2.53. The second-order valence-corrected chi connectivity index (χ2v) is 8.36. The molecule has 0 aromatic carbocycles. The van der Waals surface area contributed by atoms with Gasteiger partial charge in [0.2, 0.25) is 0 Å². The van der Waals surface area contributed by atoms with Gasteiger partial charge in [-0.05, 0) is 50.0 Å². The Balaban J connectivity index is 2.25. The lowest BCUT2D eigenvalue weighted by molar-refractivity contribution is -0.159. The van der Waals surface area contributed by atoms with Gasteiger partial charge < -0.3 is 19.5 Å². The average molecular weight is 382 g/mol. The van der Waals surface area contributed by atoms with E-state index in [-0.39, 0.29) is 41.8 Å². The van der Waals surface area contributed by atoms with Gasteiger partial charge in [-0.3, -0.25) is 4.79 Å². The van der Waals surface area contributed by atoms with Crippen LogP contribution in [0.4, 0.5) is 4.79 Å². The molecule has 0 aromatic rings. The Bertz CT molecular complexity index is 589. The van der Waals surface area contributed by atoms with E-state index >= 15 is 0 Å². The van der Waals surface area contributed by atoms with Crippen molar-refractivity contribution < 1.29 is 24.2 Å². The Morgan fingerprint density at radius 1 is 1.41 bits per heavy atom. The van der Waals surface area contributed by atoms with Gasteiger partial charge in [0.15, 0.2) is 0 Å². The fourth-order valence-corrected chi connectivity index (χ4v) is 4.94. The molecule has 27 heavy (non-hydrogen) atoms. The zero-order valence-electron chi connectivity index (χ0n) is 17.5. The number of hydrogen-bond donors (Lipinski definition) is 1. The summed E-state index contributed by atoms with van der Waals surface area (Å²) in [5, 5.41) is 11.6. The summed E-state index contributed by atoms with van der Waals surface area (Å²) in [5.74, 6) is 0.302. The number of methoxy groups -OCH3 is 1. The lowest BCUT2D eigenvalue weighted by Crippen LogP contribution is -2.56. The van der Waals surface area contributed by atoms with Gasteiger partial charge in [0.05, 0.1) is 12.7 Å². The number of nitrogens with zero attached hydrogens (tertiary/aromatic N) is 1. The number of ether oxygens (including phenoxy) is 2. The number of carbonyl (C=O) groups excluding carboxylic acids is 2. The zero-order chi connectivity index (χ0) is 20.4. The van der Waals surface area contributed by atoms with E-state index in [9.17, 15) is 14.7 Å². The highest BCUT2D eigenvalue weighted by Gasteiger charge is 2.52. The van der Waals surface area contributed by atoms with E-state index in [2.05, 4.69) is 19.9 Å². The minimum Gasteiger partial charge on any atom is -0.458 e. The molecule has 0 radical (unpaired) electrons. The Morgan fingerprint density at radius 2 is 2.07 bits per heavy atom. The van der Waals surface area contributed by atoms with Crippen molar-refractivity contribution in [3.8, 4) is 0 Å². The minimum atomic E-state index is -0.890. The maximum absolute atomic E-state index is 12.0. The van der Waals surface area contributed by atoms with E-state index in [0.717, 1.165) is 18.4 Å². The summed E-state index contributed by atoms with van der Waals surface area (Å²) < 4.78 is 10.3. The Kier molecular flexibility index (Phi) is 6.95. The van der Waals surface area contributed by atoms with Crippen LogP contribution in [0.5, 0.6) is 0 Å². The molecule has 0 aromatic heterocycles. The van der Waals surface area contributed by atoms with Crippen molar-refractivity contribution in [3.63, 3.8) is 0 Å². The molecule has 2 aliphatic carbocycles. The van der Waals surface area contributed by atoms with Crippen molar-refractivity contribution in [2.24, 2.45) is 23.7 Å². The molecule has 2 aliphatic rings. The molecule has 6 atom stereocenters. The van der Waals surface area contributed by atoms with Gasteiger partial charge in [-0.1, -0.05) is 19.9 Å². The van der Waals surface area contributed by atoms with Gasteiger partial charge in [-0.2, -0.15) is 0 Å². The third-order valence-corrected chi connectivity index (χ3v) is 6.65. The highest BCUT2D eigenvalue weighted by Crippen LogP contribution is 2.51. The third kappa shape index (κ3) is 4.48. The van der Waals surface area contributed by atoms with Gasteiger partial charge >= 0.3 is 12.1 Å². The maximum atomic E-state index is 12.0. The van der Waals surface area contributed by atoms with Crippen molar-refractivity contribution in [3.05, 3.63) is 11.6 Å². The molecule has 1 fully saturated rings. The SMILES string of the molecule is CCN(C[C@@H](C)[C@@H]1CC[C@@H](C)[C@]2(O)C[C@@H](OC(C)=O)C(C)=C[C@H]12)C(=O)OC. The Labute approximate surface area is 162 Å². The molecule has 1 N–H and O–H groups in total.